The molecule has 7 nitrogen and oxygen atoms in total. The maximum absolute atomic E-state index is 12.3. The molecule has 104 valence electrons. The molecule has 1 aliphatic rings. The van der Waals surface area contributed by atoms with Crippen LogP contribution in [0.25, 0.3) is 0 Å². The molecular weight excluding hydrogens is 274 g/mol. The highest BCUT2D eigenvalue weighted by molar-refractivity contribution is 7.89. The van der Waals surface area contributed by atoms with E-state index in [4.69, 9.17) is 14.7 Å². The van der Waals surface area contributed by atoms with Gasteiger partial charge in [-0.05, 0) is 24.6 Å². The van der Waals surface area contributed by atoms with Gasteiger partial charge < -0.3 is 9.84 Å². The lowest BCUT2D eigenvalue weighted by molar-refractivity contribution is -0.0285. The average Bonchev–Trinajstić information content (AvgIpc) is 2.92. The van der Waals surface area contributed by atoms with Gasteiger partial charge in [0.2, 0.25) is 0 Å². The minimum Gasteiger partial charge on any atom is -0.495 e. The van der Waals surface area contributed by atoms with E-state index in [2.05, 4.69) is 0 Å². The molecule has 1 heterocycles. The maximum Gasteiger partial charge on any atom is 0.335 e. The zero-order chi connectivity index (χ0) is 14.0. The quantitative estimate of drug-likeness (QED) is 0.877. The van der Waals surface area contributed by atoms with Crippen LogP contribution in [-0.2, 0) is 14.9 Å². The van der Waals surface area contributed by atoms with Crippen LogP contribution in [0.5, 0.6) is 5.75 Å². The Bertz CT molecular complexity index is 591. The van der Waals surface area contributed by atoms with E-state index < -0.39 is 16.0 Å². The summed E-state index contributed by atoms with van der Waals surface area (Å²) in [4.78, 5) is 15.7. The first kappa shape index (κ1) is 13.8. The SMILES string of the molecule is COc1ccc(C(=O)O)cc1S(=O)(=O)N1CCCO1. The number of methoxy groups -OCH3 is 1. The summed E-state index contributed by atoms with van der Waals surface area (Å²) in [6, 6.07) is 3.66. The number of rotatable bonds is 4. The predicted octanol–water partition coefficient (Wildman–Crippen LogP) is 0.719. The number of benzene rings is 1. The molecule has 0 saturated carbocycles. The molecule has 1 fully saturated rings. The van der Waals surface area contributed by atoms with Gasteiger partial charge in [0.1, 0.15) is 10.6 Å². The van der Waals surface area contributed by atoms with Crippen LogP contribution in [-0.4, -0.2) is 44.2 Å². The summed E-state index contributed by atoms with van der Waals surface area (Å²) in [7, 11) is -2.60. The van der Waals surface area contributed by atoms with Gasteiger partial charge in [-0.15, -0.1) is 0 Å². The maximum atomic E-state index is 12.3. The molecule has 2 rings (SSSR count). The Morgan fingerprint density at radius 3 is 2.74 bits per heavy atom. The highest BCUT2D eigenvalue weighted by atomic mass is 32.2. The molecule has 0 aliphatic carbocycles. The zero-order valence-corrected chi connectivity index (χ0v) is 11.0. The summed E-state index contributed by atoms with van der Waals surface area (Å²) in [5.41, 5.74) is -0.126. The van der Waals surface area contributed by atoms with Crippen LogP contribution in [0, 0.1) is 0 Å². The van der Waals surface area contributed by atoms with Crippen molar-refractivity contribution in [3.63, 3.8) is 0 Å². The summed E-state index contributed by atoms with van der Waals surface area (Å²) in [5.74, 6) is -1.12. The fraction of sp³-hybridized carbons (Fsp3) is 0.364. The topological polar surface area (TPSA) is 93.1 Å². The number of carboxylic acids is 1. The number of hydrogen-bond acceptors (Lipinski definition) is 5. The van der Waals surface area contributed by atoms with Crippen molar-refractivity contribution in [2.45, 2.75) is 11.3 Å². The van der Waals surface area contributed by atoms with E-state index >= 15 is 0 Å². The van der Waals surface area contributed by atoms with Crippen molar-refractivity contribution in [1.82, 2.24) is 4.47 Å². The van der Waals surface area contributed by atoms with Crippen LogP contribution in [0.4, 0.5) is 0 Å². The van der Waals surface area contributed by atoms with Crippen LogP contribution >= 0.6 is 0 Å². The number of nitrogens with zero attached hydrogens (tertiary/aromatic N) is 1. The first-order valence-electron chi connectivity index (χ1n) is 5.54. The lowest BCUT2D eigenvalue weighted by Gasteiger charge is -2.16. The number of hydroxylamine groups is 1. The van der Waals surface area contributed by atoms with E-state index in [-0.39, 0.29) is 22.8 Å². The molecule has 0 aromatic heterocycles. The van der Waals surface area contributed by atoms with Crippen LogP contribution in [0.15, 0.2) is 23.1 Å². The number of aromatic carboxylic acids is 1. The Morgan fingerprint density at radius 2 is 2.21 bits per heavy atom. The summed E-state index contributed by atoms with van der Waals surface area (Å²) in [6.07, 6.45) is 0.597. The number of hydrogen-bond donors (Lipinski definition) is 1. The van der Waals surface area contributed by atoms with Crippen molar-refractivity contribution in [3.8, 4) is 5.75 Å². The third-order valence-electron chi connectivity index (χ3n) is 2.68. The molecule has 0 unspecified atom stereocenters. The molecule has 1 N–H and O–H groups in total. The Balaban J connectivity index is 2.52. The molecule has 8 heteroatoms. The van der Waals surface area contributed by atoms with Gasteiger partial charge in [-0.2, -0.15) is 0 Å². The molecule has 0 radical (unpaired) electrons. The molecule has 1 aromatic rings. The fourth-order valence-electron chi connectivity index (χ4n) is 1.74. The van der Waals surface area contributed by atoms with Crippen LogP contribution in [0.2, 0.25) is 0 Å². The molecule has 1 saturated heterocycles. The van der Waals surface area contributed by atoms with Gasteiger partial charge in [0.25, 0.3) is 10.0 Å². The lowest BCUT2D eigenvalue weighted by atomic mass is 10.2. The van der Waals surface area contributed by atoms with Gasteiger partial charge >= 0.3 is 5.97 Å². The number of ether oxygens (including phenoxy) is 1. The van der Waals surface area contributed by atoms with Crippen molar-refractivity contribution in [2.24, 2.45) is 0 Å². The van der Waals surface area contributed by atoms with Gasteiger partial charge in [-0.25, -0.2) is 13.2 Å². The third-order valence-corrected chi connectivity index (χ3v) is 4.38. The third kappa shape index (κ3) is 2.55. The van der Waals surface area contributed by atoms with Gasteiger partial charge in [-0.1, -0.05) is 4.47 Å². The molecular formula is C11H13NO6S. The molecule has 0 amide bonds. The first-order valence-corrected chi connectivity index (χ1v) is 6.98. The number of carbonyl (C=O) groups is 1. The zero-order valence-electron chi connectivity index (χ0n) is 10.2. The summed E-state index contributed by atoms with van der Waals surface area (Å²) in [5, 5.41) is 8.92. The van der Waals surface area contributed by atoms with Gasteiger partial charge in [0.05, 0.1) is 19.3 Å². The Morgan fingerprint density at radius 1 is 1.47 bits per heavy atom. The van der Waals surface area contributed by atoms with Gasteiger partial charge in [-0.3, -0.25) is 4.84 Å². The molecule has 19 heavy (non-hydrogen) atoms. The number of sulfonamides is 1. The summed E-state index contributed by atoms with van der Waals surface area (Å²) < 4.78 is 30.5. The van der Waals surface area contributed by atoms with E-state index in [1.165, 1.54) is 19.2 Å². The lowest BCUT2D eigenvalue weighted by Crippen LogP contribution is -2.27. The van der Waals surface area contributed by atoms with Crippen molar-refractivity contribution in [1.29, 1.82) is 0 Å². The molecule has 0 spiro atoms. The Labute approximate surface area is 110 Å². The normalized spacial score (nSPS) is 16.5. The van der Waals surface area contributed by atoms with Gasteiger partial charge in [0.15, 0.2) is 0 Å². The highest BCUT2D eigenvalue weighted by Crippen LogP contribution is 2.29. The fourth-order valence-corrected chi connectivity index (χ4v) is 3.22. The molecule has 0 atom stereocenters. The highest BCUT2D eigenvalue weighted by Gasteiger charge is 2.32. The Hall–Kier alpha value is -1.64. The van der Waals surface area contributed by atoms with E-state index in [9.17, 15) is 13.2 Å². The van der Waals surface area contributed by atoms with E-state index in [1.807, 2.05) is 0 Å². The number of carboxylic acid groups (broad SMARTS) is 1. The first-order chi connectivity index (χ1) is 8.96. The van der Waals surface area contributed by atoms with Crippen molar-refractivity contribution >= 4 is 16.0 Å². The smallest absolute Gasteiger partial charge is 0.335 e. The monoisotopic (exact) mass is 287 g/mol. The summed E-state index contributed by atoms with van der Waals surface area (Å²) in [6.45, 7) is 0.558. The second-order valence-electron chi connectivity index (χ2n) is 3.89. The molecule has 1 aliphatic heterocycles. The Kier molecular flexibility index (Phi) is 3.74. The van der Waals surface area contributed by atoms with Crippen molar-refractivity contribution < 1.29 is 27.9 Å². The van der Waals surface area contributed by atoms with Crippen LogP contribution < -0.4 is 4.74 Å². The predicted molar refractivity (Wildman–Crippen MR) is 64.4 cm³/mol. The van der Waals surface area contributed by atoms with Crippen LogP contribution in [0.3, 0.4) is 0 Å². The van der Waals surface area contributed by atoms with E-state index in [0.717, 1.165) is 10.5 Å². The molecule has 0 bridgehead atoms. The standard InChI is InChI=1S/C11H13NO6S/c1-17-9-4-3-8(11(13)14)7-10(9)19(15,16)12-5-2-6-18-12/h3-4,7H,2,5-6H2,1H3,(H,13,14). The molecule has 1 aromatic carbocycles. The summed E-state index contributed by atoms with van der Waals surface area (Å²) >= 11 is 0. The average molecular weight is 287 g/mol. The second kappa shape index (κ2) is 5.16. The van der Waals surface area contributed by atoms with Crippen molar-refractivity contribution in [2.75, 3.05) is 20.3 Å². The van der Waals surface area contributed by atoms with Gasteiger partial charge in [0, 0.05) is 6.54 Å². The minimum atomic E-state index is -3.91. The minimum absolute atomic E-state index is 0.0838. The van der Waals surface area contributed by atoms with Crippen LogP contribution in [0.1, 0.15) is 16.8 Å². The van der Waals surface area contributed by atoms with E-state index in [1.54, 1.807) is 0 Å². The van der Waals surface area contributed by atoms with E-state index in [0.29, 0.717) is 13.0 Å². The van der Waals surface area contributed by atoms with Crippen molar-refractivity contribution in [3.05, 3.63) is 23.8 Å². The largest absolute Gasteiger partial charge is 0.495 e. The second-order valence-corrected chi connectivity index (χ2v) is 5.69.